The number of hydrogen-bond acceptors (Lipinski definition) is 5. The minimum absolute atomic E-state index is 0.0237. The highest BCUT2D eigenvalue weighted by Gasteiger charge is 2.30. The van der Waals surface area contributed by atoms with Crippen LogP contribution in [-0.4, -0.2) is 66.4 Å². The van der Waals surface area contributed by atoms with Crippen LogP contribution < -0.4 is 5.56 Å². The molecule has 1 fully saturated rings. The van der Waals surface area contributed by atoms with Crippen LogP contribution in [0.5, 0.6) is 5.75 Å². The number of likely N-dealkylation sites (N-methyl/N-ethyl adjacent to an activating group) is 1. The first-order chi connectivity index (χ1) is 13.4. The van der Waals surface area contributed by atoms with Crippen LogP contribution in [0.3, 0.4) is 0 Å². The van der Waals surface area contributed by atoms with Gasteiger partial charge in [0.2, 0.25) is 0 Å². The molecule has 152 valence electrons. The molecule has 1 N–H and O–H groups in total. The average molecular weight is 389 g/mol. The molecule has 1 aromatic heterocycles. The monoisotopic (exact) mass is 389 g/mol. The lowest BCUT2D eigenvalue weighted by Crippen LogP contribution is -2.47. The maximum absolute atomic E-state index is 13.5. The second kappa shape index (κ2) is 8.86. The van der Waals surface area contributed by atoms with E-state index in [-0.39, 0.29) is 17.1 Å². The zero-order valence-corrected chi connectivity index (χ0v) is 16.7. The van der Waals surface area contributed by atoms with Gasteiger partial charge in [0.25, 0.3) is 5.56 Å². The number of ether oxygens (including phenoxy) is 1. The number of nitrogens with zero attached hydrogens (tertiary/aromatic N) is 3. The van der Waals surface area contributed by atoms with Gasteiger partial charge < -0.3 is 19.3 Å². The summed E-state index contributed by atoms with van der Waals surface area (Å²) in [5.74, 6) is -0.351. The fraction of sp³-hybridized carbons (Fsp3) is 0.476. The molecule has 0 saturated carbocycles. The number of piperazine rings is 1. The van der Waals surface area contributed by atoms with Crippen LogP contribution in [0, 0.1) is 12.7 Å². The highest BCUT2D eigenvalue weighted by Crippen LogP contribution is 2.33. The van der Waals surface area contributed by atoms with Crippen molar-refractivity contribution in [2.24, 2.45) is 0 Å². The topological polar surface area (TPSA) is 57.9 Å². The molecule has 1 saturated heterocycles. The van der Waals surface area contributed by atoms with E-state index in [1.54, 1.807) is 36.8 Å². The van der Waals surface area contributed by atoms with E-state index in [2.05, 4.69) is 16.8 Å². The van der Waals surface area contributed by atoms with Crippen LogP contribution in [0.2, 0.25) is 0 Å². The van der Waals surface area contributed by atoms with Crippen LogP contribution >= 0.6 is 0 Å². The first kappa shape index (κ1) is 20.5. The van der Waals surface area contributed by atoms with Crippen LogP contribution in [0.1, 0.15) is 22.9 Å². The van der Waals surface area contributed by atoms with Gasteiger partial charge in [0.1, 0.15) is 11.6 Å². The number of aryl methyl sites for hydroxylation is 1. The van der Waals surface area contributed by atoms with E-state index < -0.39 is 6.04 Å². The molecular weight excluding hydrogens is 361 g/mol. The van der Waals surface area contributed by atoms with Crippen molar-refractivity contribution in [3.8, 4) is 5.75 Å². The van der Waals surface area contributed by atoms with Gasteiger partial charge >= 0.3 is 0 Å². The van der Waals surface area contributed by atoms with E-state index in [0.717, 1.165) is 31.7 Å². The summed E-state index contributed by atoms with van der Waals surface area (Å²) < 4.78 is 20.3. The van der Waals surface area contributed by atoms with Crippen molar-refractivity contribution in [2.75, 3.05) is 46.9 Å². The largest absolute Gasteiger partial charge is 0.507 e. The fourth-order valence-electron chi connectivity index (χ4n) is 3.77. The Morgan fingerprint density at radius 2 is 1.82 bits per heavy atom. The van der Waals surface area contributed by atoms with Crippen LogP contribution in [0.15, 0.2) is 35.1 Å². The molecule has 2 heterocycles. The molecule has 0 bridgehead atoms. The Kier molecular flexibility index (Phi) is 6.49. The van der Waals surface area contributed by atoms with Gasteiger partial charge in [0.15, 0.2) is 0 Å². The van der Waals surface area contributed by atoms with Gasteiger partial charge in [-0.05, 0) is 37.7 Å². The smallest absolute Gasteiger partial charge is 0.259 e. The molecule has 0 spiro atoms. The molecular formula is C21H28FN3O3. The molecule has 0 aliphatic carbocycles. The summed E-state index contributed by atoms with van der Waals surface area (Å²) in [6, 6.07) is 7.36. The minimum Gasteiger partial charge on any atom is -0.507 e. The number of halogens is 1. The number of aromatic hydroxyl groups is 1. The zero-order chi connectivity index (χ0) is 20.3. The minimum atomic E-state index is -0.434. The molecule has 1 atom stereocenters. The van der Waals surface area contributed by atoms with E-state index in [4.69, 9.17) is 4.74 Å². The highest BCUT2D eigenvalue weighted by atomic mass is 19.1. The van der Waals surface area contributed by atoms with Gasteiger partial charge in [-0.2, -0.15) is 0 Å². The number of hydrogen-bond donors (Lipinski definition) is 1. The number of benzene rings is 1. The molecule has 6 nitrogen and oxygen atoms in total. The van der Waals surface area contributed by atoms with Crippen molar-refractivity contribution < 1.29 is 14.2 Å². The van der Waals surface area contributed by atoms with Gasteiger partial charge in [-0.3, -0.25) is 9.69 Å². The number of aromatic nitrogens is 1. The fourth-order valence-corrected chi connectivity index (χ4v) is 3.77. The van der Waals surface area contributed by atoms with Crippen molar-refractivity contribution in [2.45, 2.75) is 19.5 Å². The summed E-state index contributed by atoms with van der Waals surface area (Å²) in [5.41, 5.74) is 1.57. The first-order valence-corrected chi connectivity index (χ1v) is 9.52. The van der Waals surface area contributed by atoms with Gasteiger partial charge in [-0.25, -0.2) is 4.39 Å². The molecule has 0 radical (unpaired) electrons. The van der Waals surface area contributed by atoms with E-state index in [0.29, 0.717) is 24.4 Å². The zero-order valence-electron chi connectivity index (χ0n) is 16.7. The Bertz CT molecular complexity index is 858. The molecule has 1 aliphatic heterocycles. The van der Waals surface area contributed by atoms with Gasteiger partial charge in [0, 0.05) is 45.5 Å². The highest BCUT2D eigenvalue weighted by molar-refractivity contribution is 5.41. The van der Waals surface area contributed by atoms with Gasteiger partial charge in [0.05, 0.1) is 18.2 Å². The van der Waals surface area contributed by atoms with Crippen molar-refractivity contribution in [3.63, 3.8) is 0 Å². The molecule has 1 aromatic carbocycles. The van der Waals surface area contributed by atoms with Crippen LogP contribution in [0.25, 0.3) is 0 Å². The number of methoxy groups -OCH3 is 1. The van der Waals surface area contributed by atoms with Crippen LogP contribution in [0.4, 0.5) is 4.39 Å². The van der Waals surface area contributed by atoms with Gasteiger partial charge in [-0.15, -0.1) is 0 Å². The summed E-state index contributed by atoms with van der Waals surface area (Å²) in [5, 5.41) is 10.7. The SMILES string of the molecule is COCCn1c(C)cc(O)c(C(c2ccc(F)cc2)N2CCN(C)CC2)c1=O. The second-order valence-corrected chi connectivity index (χ2v) is 7.33. The first-order valence-electron chi connectivity index (χ1n) is 9.52. The van der Waals surface area contributed by atoms with E-state index in [1.165, 1.54) is 12.1 Å². The second-order valence-electron chi connectivity index (χ2n) is 7.33. The molecule has 28 heavy (non-hydrogen) atoms. The van der Waals surface area contributed by atoms with E-state index in [9.17, 15) is 14.3 Å². The van der Waals surface area contributed by atoms with Crippen molar-refractivity contribution >= 4 is 0 Å². The molecule has 1 unspecified atom stereocenters. The van der Waals surface area contributed by atoms with E-state index in [1.807, 2.05) is 0 Å². The summed E-state index contributed by atoms with van der Waals surface area (Å²) in [6.07, 6.45) is 0. The standard InChI is InChI=1S/C21H28FN3O3/c1-15-14-18(26)19(21(27)25(15)12-13-28-3)20(16-4-6-17(22)7-5-16)24-10-8-23(2)9-11-24/h4-7,14,20,26H,8-13H2,1-3H3. The Hall–Kier alpha value is -2.22. The van der Waals surface area contributed by atoms with E-state index >= 15 is 0 Å². The maximum atomic E-state index is 13.5. The maximum Gasteiger partial charge on any atom is 0.259 e. The summed E-state index contributed by atoms with van der Waals surface area (Å²) in [7, 11) is 3.65. The third-order valence-electron chi connectivity index (χ3n) is 5.40. The molecule has 3 rings (SSSR count). The lowest BCUT2D eigenvalue weighted by molar-refractivity contribution is 0.125. The molecule has 0 amide bonds. The average Bonchev–Trinajstić information content (AvgIpc) is 2.67. The Labute approximate surface area is 164 Å². The predicted molar refractivity (Wildman–Crippen MR) is 106 cm³/mol. The lowest BCUT2D eigenvalue weighted by Gasteiger charge is -2.38. The number of pyridine rings is 1. The summed E-state index contributed by atoms with van der Waals surface area (Å²) >= 11 is 0. The quantitative estimate of drug-likeness (QED) is 0.819. The van der Waals surface area contributed by atoms with Crippen LogP contribution in [-0.2, 0) is 11.3 Å². The Morgan fingerprint density at radius 1 is 1.18 bits per heavy atom. The Balaban J connectivity index is 2.12. The van der Waals surface area contributed by atoms with Crippen molar-refractivity contribution in [1.82, 2.24) is 14.4 Å². The molecule has 1 aliphatic rings. The third kappa shape index (κ3) is 4.27. The van der Waals surface area contributed by atoms with Gasteiger partial charge in [-0.1, -0.05) is 12.1 Å². The predicted octanol–water partition coefficient (Wildman–Crippen LogP) is 1.98. The summed E-state index contributed by atoms with van der Waals surface area (Å²) in [6.45, 7) is 5.84. The molecule has 2 aromatic rings. The normalized spacial score (nSPS) is 17.0. The lowest BCUT2D eigenvalue weighted by atomic mass is 9.96. The third-order valence-corrected chi connectivity index (χ3v) is 5.40. The molecule has 7 heteroatoms. The van der Waals surface area contributed by atoms with Crippen molar-refractivity contribution in [3.05, 3.63) is 63.3 Å². The van der Waals surface area contributed by atoms with Crippen molar-refractivity contribution in [1.29, 1.82) is 0 Å². The number of rotatable bonds is 6. The Morgan fingerprint density at radius 3 is 2.43 bits per heavy atom. The summed E-state index contributed by atoms with van der Waals surface area (Å²) in [4.78, 5) is 17.7.